The largest absolute Gasteiger partial charge is 0.478 e. The van der Waals surface area contributed by atoms with E-state index in [1.807, 2.05) is 17.2 Å². The van der Waals surface area contributed by atoms with Gasteiger partial charge in [0.1, 0.15) is 0 Å². The third kappa shape index (κ3) is 0.843. The van der Waals surface area contributed by atoms with Crippen molar-refractivity contribution in [3.05, 3.63) is 23.5 Å². The van der Waals surface area contributed by atoms with Gasteiger partial charge in [-0.25, -0.2) is 4.79 Å². The fraction of sp³-hybridized carbons (Fsp3) is 0.375. The van der Waals surface area contributed by atoms with Crippen LogP contribution in [0.1, 0.15) is 12.8 Å². The van der Waals surface area contributed by atoms with Crippen LogP contribution in [-0.4, -0.2) is 22.5 Å². The lowest BCUT2D eigenvalue weighted by molar-refractivity contribution is -0.132. The molecule has 2 rings (SSSR count). The van der Waals surface area contributed by atoms with Gasteiger partial charge in [-0.15, -0.1) is 0 Å². The molecular weight excluding hydrogens is 142 g/mol. The van der Waals surface area contributed by atoms with Gasteiger partial charge in [-0.3, -0.25) is 0 Å². The Kier molecular flexibility index (Phi) is 1.24. The number of nitrogens with zero attached hydrogens (tertiary/aromatic N) is 1. The standard InChI is InChI=1S/C8H9NO2/c10-8(11)6-3-5-9-4-1-2-7(6)9/h1,4H,2-3,5H2,(H,10,11). The second kappa shape index (κ2) is 2.12. The van der Waals surface area contributed by atoms with Crippen LogP contribution in [0.5, 0.6) is 0 Å². The van der Waals surface area contributed by atoms with E-state index in [2.05, 4.69) is 0 Å². The fourth-order valence-electron chi connectivity index (χ4n) is 1.61. The van der Waals surface area contributed by atoms with Gasteiger partial charge in [0.25, 0.3) is 0 Å². The summed E-state index contributed by atoms with van der Waals surface area (Å²) >= 11 is 0. The van der Waals surface area contributed by atoms with E-state index in [4.69, 9.17) is 5.11 Å². The zero-order valence-corrected chi connectivity index (χ0v) is 6.08. The summed E-state index contributed by atoms with van der Waals surface area (Å²) < 4.78 is 0. The highest BCUT2D eigenvalue weighted by molar-refractivity contribution is 5.88. The summed E-state index contributed by atoms with van der Waals surface area (Å²) in [7, 11) is 0. The Morgan fingerprint density at radius 3 is 3.18 bits per heavy atom. The second-order valence-corrected chi connectivity index (χ2v) is 2.76. The molecule has 1 N–H and O–H groups in total. The van der Waals surface area contributed by atoms with E-state index in [1.165, 1.54) is 0 Å². The van der Waals surface area contributed by atoms with Gasteiger partial charge >= 0.3 is 5.97 Å². The minimum atomic E-state index is -0.758. The molecule has 0 unspecified atom stereocenters. The minimum Gasteiger partial charge on any atom is -0.478 e. The molecule has 2 aliphatic heterocycles. The molecule has 58 valence electrons. The van der Waals surface area contributed by atoms with E-state index in [-0.39, 0.29) is 0 Å². The van der Waals surface area contributed by atoms with E-state index in [0.29, 0.717) is 12.0 Å². The Bertz CT molecular complexity index is 265. The van der Waals surface area contributed by atoms with Crippen molar-refractivity contribution in [1.82, 2.24) is 4.90 Å². The SMILES string of the molecule is O=C(O)C1=C2CC=CN2CC1. The van der Waals surface area contributed by atoms with Gasteiger partial charge in [-0.2, -0.15) is 0 Å². The first-order valence-corrected chi connectivity index (χ1v) is 3.67. The topological polar surface area (TPSA) is 40.5 Å². The van der Waals surface area contributed by atoms with Crippen LogP contribution in [0.4, 0.5) is 0 Å². The van der Waals surface area contributed by atoms with E-state index in [0.717, 1.165) is 18.7 Å². The highest BCUT2D eigenvalue weighted by Crippen LogP contribution is 2.30. The van der Waals surface area contributed by atoms with Crippen molar-refractivity contribution in [3.63, 3.8) is 0 Å². The normalized spacial score (nSPS) is 21.3. The zero-order chi connectivity index (χ0) is 7.84. The average Bonchev–Trinajstić information content (AvgIpc) is 2.41. The molecule has 0 fully saturated rings. The first-order chi connectivity index (χ1) is 5.29. The molecular formula is C8H9NO2. The van der Waals surface area contributed by atoms with Gasteiger partial charge in [0, 0.05) is 24.9 Å². The number of fused-ring (bicyclic) bond motifs is 1. The summed E-state index contributed by atoms with van der Waals surface area (Å²) in [6, 6.07) is 0. The third-order valence-corrected chi connectivity index (χ3v) is 2.15. The molecule has 3 heteroatoms. The molecule has 0 saturated heterocycles. The lowest BCUT2D eigenvalue weighted by atomic mass is 10.1. The monoisotopic (exact) mass is 151 g/mol. The lowest BCUT2D eigenvalue weighted by Crippen LogP contribution is -2.06. The molecule has 0 radical (unpaired) electrons. The van der Waals surface area contributed by atoms with Gasteiger partial charge in [-0.05, 0) is 6.42 Å². The lowest BCUT2D eigenvalue weighted by Gasteiger charge is -2.08. The number of aliphatic carboxylic acids is 1. The summed E-state index contributed by atoms with van der Waals surface area (Å²) in [5, 5.41) is 8.75. The molecule has 0 aromatic heterocycles. The maximum atomic E-state index is 10.6. The van der Waals surface area contributed by atoms with Crippen molar-refractivity contribution in [2.24, 2.45) is 0 Å². The molecule has 2 aliphatic rings. The van der Waals surface area contributed by atoms with Crippen LogP contribution >= 0.6 is 0 Å². The van der Waals surface area contributed by atoms with Crippen LogP contribution < -0.4 is 0 Å². The van der Waals surface area contributed by atoms with Crippen LogP contribution in [0, 0.1) is 0 Å². The van der Waals surface area contributed by atoms with E-state index in [9.17, 15) is 4.79 Å². The molecule has 11 heavy (non-hydrogen) atoms. The highest BCUT2D eigenvalue weighted by Gasteiger charge is 2.26. The highest BCUT2D eigenvalue weighted by atomic mass is 16.4. The Morgan fingerprint density at radius 1 is 1.64 bits per heavy atom. The molecule has 0 spiro atoms. The molecule has 3 nitrogen and oxygen atoms in total. The van der Waals surface area contributed by atoms with E-state index < -0.39 is 5.97 Å². The quantitative estimate of drug-likeness (QED) is 0.606. The van der Waals surface area contributed by atoms with E-state index in [1.54, 1.807) is 0 Å². The zero-order valence-electron chi connectivity index (χ0n) is 6.08. The maximum absolute atomic E-state index is 10.6. The molecule has 0 saturated carbocycles. The third-order valence-electron chi connectivity index (χ3n) is 2.15. The van der Waals surface area contributed by atoms with Crippen LogP contribution in [0.15, 0.2) is 23.5 Å². The predicted octanol–water partition coefficient (Wildman–Crippen LogP) is 0.948. The van der Waals surface area contributed by atoms with E-state index >= 15 is 0 Å². The Morgan fingerprint density at radius 2 is 2.45 bits per heavy atom. The van der Waals surface area contributed by atoms with Crippen molar-refractivity contribution < 1.29 is 9.90 Å². The summed E-state index contributed by atoms with van der Waals surface area (Å²) in [5.41, 5.74) is 1.58. The molecule has 0 amide bonds. The maximum Gasteiger partial charge on any atom is 0.333 e. The van der Waals surface area contributed by atoms with Crippen molar-refractivity contribution >= 4 is 5.97 Å². The fourth-order valence-corrected chi connectivity index (χ4v) is 1.61. The number of carboxylic acids is 1. The smallest absolute Gasteiger partial charge is 0.333 e. The molecule has 0 aliphatic carbocycles. The minimum absolute atomic E-state index is 0.593. The van der Waals surface area contributed by atoms with Crippen LogP contribution in [0.2, 0.25) is 0 Å². The first-order valence-electron chi connectivity index (χ1n) is 3.67. The van der Waals surface area contributed by atoms with Crippen molar-refractivity contribution in [2.45, 2.75) is 12.8 Å². The van der Waals surface area contributed by atoms with Gasteiger partial charge in [0.2, 0.25) is 0 Å². The van der Waals surface area contributed by atoms with Crippen LogP contribution in [0.25, 0.3) is 0 Å². The predicted molar refractivity (Wildman–Crippen MR) is 39.7 cm³/mol. The molecule has 0 aromatic carbocycles. The summed E-state index contributed by atoms with van der Waals surface area (Å²) in [6.07, 6.45) is 5.44. The molecule has 0 aromatic rings. The van der Waals surface area contributed by atoms with Gasteiger partial charge in [0.05, 0.1) is 5.57 Å². The van der Waals surface area contributed by atoms with Crippen LogP contribution in [-0.2, 0) is 4.79 Å². The molecule has 0 bridgehead atoms. The van der Waals surface area contributed by atoms with Gasteiger partial charge < -0.3 is 10.0 Å². The number of carboxylic acid groups (broad SMARTS) is 1. The first kappa shape index (κ1) is 6.46. The summed E-state index contributed by atoms with van der Waals surface area (Å²) in [4.78, 5) is 12.6. The number of allylic oxidation sites excluding steroid dienone is 1. The molecule has 2 heterocycles. The van der Waals surface area contributed by atoms with Crippen molar-refractivity contribution in [2.75, 3.05) is 6.54 Å². The van der Waals surface area contributed by atoms with Crippen LogP contribution in [0.3, 0.4) is 0 Å². The number of hydrogen-bond acceptors (Lipinski definition) is 2. The summed E-state index contributed by atoms with van der Waals surface area (Å²) in [5.74, 6) is -0.758. The molecule has 0 atom stereocenters. The van der Waals surface area contributed by atoms with Crippen molar-refractivity contribution in [1.29, 1.82) is 0 Å². The van der Waals surface area contributed by atoms with Gasteiger partial charge in [-0.1, -0.05) is 6.08 Å². The number of hydrogen-bond donors (Lipinski definition) is 1. The Labute approximate surface area is 64.6 Å². The van der Waals surface area contributed by atoms with Crippen molar-refractivity contribution in [3.8, 4) is 0 Å². The summed E-state index contributed by atoms with van der Waals surface area (Å²) in [6.45, 7) is 0.841. The average molecular weight is 151 g/mol. The number of carbonyl (C=O) groups is 1. The number of rotatable bonds is 1. The second-order valence-electron chi connectivity index (χ2n) is 2.76. The van der Waals surface area contributed by atoms with Gasteiger partial charge in [0.15, 0.2) is 0 Å². The Balaban J connectivity index is 2.34. The Hall–Kier alpha value is -1.25.